The maximum absolute atomic E-state index is 12.7. The van der Waals surface area contributed by atoms with Crippen LogP contribution in [-0.4, -0.2) is 28.2 Å². The van der Waals surface area contributed by atoms with Gasteiger partial charge in [0, 0.05) is 18.7 Å². The fourth-order valence-electron chi connectivity index (χ4n) is 3.28. The van der Waals surface area contributed by atoms with Crippen molar-refractivity contribution in [1.29, 1.82) is 0 Å². The van der Waals surface area contributed by atoms with E-state index in [0.29, 0.717) is 23.0 Å². The quantitative estimate of drug-likeness (QED) is 0.710. The lowest BCUT2D eigenvalue weighted by Crippen LogP contribution is -2.28. The van der Waals surface area contributed by atoms with Crippen molar-refractivity contribution in [2.45, 2.75) is 26.4 Å². The summed E-state index contributed by atoms with van der Waals surface area (Å²) in [6.45, 7) is 3.54. The van der Waals surface area contributed by atoms with E-state index in [1.165, 1.54) is 6.92 Å². The van der Waals surface area contributed by atoms with Crippen LogP contribution in [0, 0.1) is 0 Å². The van der Waals surface area contributed by atoms with Gasteiger partial charge in [-0.2, -0.15) is 0 Å². The molecule has 0 fully saturated rings. The SMILES string of the molecule is CC(=O)NC(C)c1nc2ccccc2n1CC(=O)Nc1ccc2c(c1)OCO2. The van der Waals surface area contributed by atoms with Gasteiger partial charge in [-0.05, 0) is 31.2 Å². The molecule has 2 aromatic carbocycles. The van der Waals surface area contributed by atoms with Gasteiger partial charge in [0.1, 0.15) is 12.4 Å². The molecule has 2 heterocycles. The van der Waals surface area contributed by atoms with Gasteiger partial charge in [-0.3, -0.25) is 9.59 Å². The van der Waals surface area contributed by atoms with E-state index in [1.54, 1.807) is 18.2 Å². The van der Waals surface area contributed by atoms with E-state index < -0.39 is 0 Å². The highest BCUT2D eigenvalue weighted by molar-refractivity contribution is 5.92. The summed E-state index contributed by atoms with van der Waals surface area (Å²) >= 11 is 0. The first kappa shape index (κ1) is 17.8. The number of anilines is 1. The molecule has 28 heavy (non-hydrogen) atoms. The second-order valence-electron chi connectivity index (χ2n) is 6.58. The molecule has 0 bridgehead atoms. The molecule has 2 amide bonds. The molecule has 3 aromatic rings. The number of carbonyl (C=O) groups is 2. The van der Waals surface area contributed by atoms with E-state index in [1.807, 2.05) is 35.8 Å². The summed E-state index contributed by atoms with van der Waals surface area (Å²) < 4.78 is 12.4. The zero-order chi connectivity index (χ0) is 19.7. The van der Waals surface area contributed by atoms with Crippen LogP contribution in [0.4, 0.5) is 5.69 Å². The highest BCUT2D eigenvalue weighted by Gasteiger charge is 2.20. The molecule has 1 aromatic heterocycles. The number of fused-ring (bicyclic) bond motifs is 2. The summed E-state index contributed by atoms with van der Waals surface area (Å²) in [5, 5.41) is 5.70. The summed E-state index contributed by atoms with van der Waals surface area (Å²) in [5.74, 6) is 1.52. The lowest BCUT2D eigenvalue weighted by atomic mass is 10.2. The van der Waals surface area contributed by atoms with Crippen LogP contribution in [0.5, 0.6) is 11.5 Å². The average Bonchev–Trinajstić information content (AvgIpc) is 3.25. The second-order valence-corrected chi connectivity index (χ2v) is 6.58. The number of nitrogens with one attached hydrogen (secondary N) is 2. The van der Waals surface area contributed by atoms with Crippen molar-refractivity contribution in [3.05, 3.63) is 48.3 Å². The molecular formula is C20H20N4O4. The monoisotopic (exact) mass is 380 g/mol. The van der Waals surface area contributed by atoms with Crippen LogP contribution in [0.25, 0.3) is 11.0 Å². The van der Waals surface area contributed by atoms with E-state index in [4.69, 9.17) is 9.47 Å². The topological polar surface area (TPSA) is 94.5 Å². The van der Waals surface area contributed by atoms with Crippen LogP contribution in [-0.2, 0) is 16.1 Å². The number of amides is 2. The molecule has 0 aliphatic carbocycles. The molecule has 0 spiro atoms. The van der Waals surface area contributed by atoms with Gasteiger partial charge in [-0.1, -0.05) is 12.1 Å². The first-order valence-corrected chi connectivity index (χ1v) is 8.93. The lowest BCUT2D eigenvalue weighted by Gasteiger charge is -2.15. The Morgan fingerprint density at radius 2 is 1.96 bits per heavy atom. The Bertz CT molecular complexity index is 1060. The van der Waals surface area contributed by atoms with E-state index in [0.717, 1.165) is 11.0 Å². The molecule has 144 valence electrons. The summed E-state index contributed by atoms with van der Waals surface area (Å²) in [4.78, 5) is 28.8. The van der Waals surface area contributed by atoms with Gasteiger partial charge in [0.25, 0.3) is 0 Å². The van der Waals surface area contributed by atoms with Gasteiger partial charge >= 0.3 is 0 Å². The molecule has 0 saturated heterocycles. The average molecular weight is 380 g/mol. The normalized spacial score (nSPS) is 13.4. The van der Waals surface area contributed by atoms with E-state index in [9.17, 15) is 9.59 Å². The summed E-state index contributed by atoms with van der Waals surface area (Å²) in [6.07, 6.45) is 0. The Morgan fingerprint density at radius 3 is 2.79 bits per heavy atom. The van der Waals surface area contributed by atoms with Gasteiger partial charge in [0.05, 0.1) is 17.1 Å². The van der Waals surface area contributed by atoms with Gasteiger partial charge < -0.3 is 24.7 Å². The minimum Gasteiger partial charge on any atom is -0.454 e. The van der Waals surface area contributed by atoms with Crippen LogP contribution in [0.1, 0.15) is 25.7 Å². The van der Waals surface area contributed by atoms with Crippen LogP contribution in [0.2, 0.25) is 0 Å². The predicted octanol–water partition coefficient (Wildman–Crippen LogP) is 2.60. The van der Waals surface area contributed by atoms with Crippen LogP contribution >= 0.6 is 0 Å². The third kappa shape index (κ3) is 3.48. The molecule has 1 atom stereocenters. The number of para-hydroxylation sites is 2. The second kappa shape index (κ2) is 7.22. The Labute approximate surface area is 161 Å². The van der Waals surface area contributed by atoms with Crippen molar-refractivity contribution in [3.8, 4) is 11.5 Å². The fourth-order valence-corrected chi connectivity index (χ4v) is 3.28. The third-order valence-corrected chi connectivity index (χ3v) is 4.45. The van der Waals surface area contributed by atoms with Crippen molar-refractivity contribution in [3.63, 3.8) is 0 Å². The zero-order valence-corrected chi connectivity index (χ0v) is 15.6. The number of hydrogen-bond donors (Lipinski definition) is 2. The van der Waals surface area contributed by atoms with Crippen LogP contribution in [0.15, 0.2) is 42.5 Å². The maximum Gasteiger partial charge on any atom is 0.244 e. The first-order chi connectivity index (χ1) is 13.5. The van der Waals surface area contributed by atoms with Crippen molar-refractivity contribution in [2.24, 2.45) is 0 Å². The Kier molecular flexibility index (Phi) is 4.60. The molecule has 1 aliphatic rings. The van der Waals surface area contributed by atoms with Gasteiger partial charge in [0.2, 0.25) is 18.6 Å². The molecule has 1 aliphatic heterocycles. The molecule has 1 unspecified atom stereocenters. The van der Waals surface area contributed by atoms with Crippen molar-refractivity contribution >= 4 is 28.5 Å². The van der Waals surface area contributed by atoms with Crippen LogP contribution < -0.4 is 20.1 Å². The lowest BCUT2D eigenvalue weighted by molar-refractivity contribution is -0.119. The Balaban J connectivity index is 1.59. The molecule has 8 nitrogen and oxygen atoms in total. The molecule has 2 N–H and O–H groups in total. The Hall–Kier alpha value is -3.55. The molecular weight excluding hydrogens is 360 g/mol. The number of imidazole rings is 1. The standard InChI is InChI=1S/C20H20N4O4/c1-12(21-13(2)25)20-23-15-5-3-4-6-16(15)24(20)10-19(26)22-14-7-8-17-18(9-14)28-11-27-17/h3-9,12H,10-11H2,1-2H3,(H,21,25)(H,22,26). The Morgan fingerprint density at radius 1 is 1.18 bits per heavy atom. The van der Waals surface area contributed by atoms with Gasteiger partial charge in [-0.25, -0.2) is 4.98 Å². The van der Waals surface area contributed by atoms with E-state index in [-0.39, 0.29) is 31.2 Å². The minimum absolute atomic E-state index is 0.0637. The molecule has 8 heteroatoms. The van der Waals surface area contributed by atoms with Gasteiger partial charge in [-0.15, -0.1) is 0 Å². The largest absolute Gasteiger partial charge is 0.454 e. The molecule has 0 saturated carbocycles. The number of rotatable bonds is 5. The number of ether oxygens (including phenoxy) is 2. The minimum atomic E-state index is -0.330. The predicted molar refractivity (Wildman–Crippen MR) is 103 cm³/mol. The molecule has 0 radical (unpaired) electrons. The summed E-state index contributed by atoms with van der Waals surface area (Å²) in [7, 11) is 0. The highest BCUT2D eigenvalue weighted by Crippen LogP contribution is 2.34. The number of carbonyl (C=O) groups excluding carboxylic acids is 2. The number of aromatic nitrogens is 2. The van der Waals surface area contributed by atoms with Gasteiger partial charge in [0.15, 0.2) is 11.5 Å². The number of benzene rings is 2. The van der Waals surface area contributed by atoms with Crippen LogP contribution in [0.3, 0.4) is 0 Å². The van der Waals surface area contributed by atoms with Crippen molar-refractivity contribution < 1.29 is 19.1 Å². The third-order valence-electron chi connectivity index (χ3n) is 4.45. The molecule has 4 rings (SSSR count). The summed E-state index contributed by atoms with van der Waals surface area (Å²) in [6, 6.07) is 12.5. The number of nitrogens with zero attached hydrogens (tertiary/aromatic N) is 2. The van der Waals surface area contributed by atoms with Crippen molar-refractivity contribution in [1.82, 2.24) is 14.9 Å². The van der Waals surface area contributed by atoms with E-state index in [2.05, 4.69) is 15.6 Å². The summed E-state index contributed by atoms with van der Waals surface area (Å²) in [5.41, 5.74) is 2.22. The maximum atomic E-state index is 12.7. The highest BCUT2D eigenvalue weighted by atomic mass is 16.7. The van der Waals surface area contributed by atoms with Crippen molar-refractivity contribution in [2.75, 3.05) is 12.1 Å². The number of hydrogen-bond acceptors (Lipinski definition) is 5. The van der Waals surface area contributed by atoms with E-state index >= 15 is 0 Å². The fraction of sp³-hybridized carbons (Fsp3) is 0.250. The first-order valence-electron chi connectivity index (χ1n) is 8.93. The zero-order valence-electron chi connectivity index (χ0n) is 15.6. The smallest absolute Gasteiger partial charge is 0.244 e.